The summed E-state index contributed by atoms with van der Waals surface area (Å²) in [6.45, 7) is 7.87. The lowest BCUT2D eigenvalue weighted by molar-refractivity contribution is 0.410. The van der Waals surface area contributed by atoms with Gasteiger partial charge in [-0.25, -0.2) is 9.97 Å². The Morgan fingerprint density at radius 2 is 2.17 bits per heavy atom. The quantitative estimate of drug-likeness (QED) is 0.798. The van der Waals surface area contributed by atoms with Crippen LogP contribution in [0.25, 0.3) is 0 Å². The molecule has 4 heteroatoms. The van der Waals surface area contributed by atoms with Crippen LogP contribution >= 0.6 is 0 Å². The van der Waals surface area contributed by atoms with Crippen LogP contribution in [0.4, 0.5) is 0 Å². The molecule has 1 aromatic heterocycles. The van der Waals surface area contributed by atoms with E-state index in [1.165, 1.54) is 0 Å². The first-order valence-electron chi connectivity index (χ1n) is 6.38. The van der Waals surface area contributed by atoms with Crippen molar-refractivity contribution in [1.29, 1.82) is 5.26 Å². The molecule has 0 bridgehead atoms. The van der Waals surface area contributed by atoms with Gasteiger partial charge in [-0.05, 0) is 46.9 Å². The molecular formula is C14H20N4. The van der Waals surface area contributed by atoms with Gasteiger partial charge >= 0.3 is 0 Å². The number of nitrogens with zero attached hydrogens (tertiary/aromatic N) is 4. The highest BCUT2D eigenvalue weighted by Gasteiger charge is 2.27. The number of rotatable bonds is 2. The molecular weight excluding hydrogens is 224 g/mol. The summed E-state index contributed by atoms with van der Waals surface area (Å²) >= 11 is 0. The summed E-state index contributed by atoms with van der Waals surface area (Å²) in [6, 6.07) is 4.33. The van der Waals surface area contributed by atoms with E-state index in [0.717, 1.165) is 30.9 Å². The van der Waals surface area contributed by atoms with E-state index in [1.807, 2.05) is 20.8 Å². The molecule has 1 aromatic rings. The summed E-state index contributed by atoms with van der Waals surface area (Å²) in [4.78, 5) is 11.4. The Morgan fingerprint density at radius 3 is 2.72 bits per heavy atom. The zero-order chi connectivity index (χ0) is 13.3. The summed E-state index contributed by atoms with van der Waals surface area (Å²) < 4.78 is 0. The van der Waals surface area contributed by atoms with E-state index in [4.69, 9.17) is 0 Å². The van der Waals surface area contributed by atoms with Crippen LogP contribution in [0.15, 0.2) is 6.07 Å². The fourth-order valence-electron chi connectivity index (χ4n) is 2.31. The Hall–Kier alpha value is -1.47. The van der Waals surface area contributed by atoms with Crippen LogP contribution in [0.1, 0.15) is 43.4 Å². The van der Waals surface area contributed by atoms with Crippen molar-refractivity contribution in [3.8, 4) is 6.07 Å². The summed E-state index contributed by atoms with van der Waals surface area (Å²) in [5.74, 6) is 1.12. The Morgan fingerprint density at radius 1 is 1.44 bits per heavy atom. The van der Waals surface area contributed by atoms with Gasteiger partial charge in [-0.3, -0.25) is 0 Å². The van der Waals surface area contributed by atoms with Crippen LogP contribution in [-0.4, -0.2) is 35.0 Å². The SMILES string of the molecule is Cc1cc(C2CCN(C)C2)nc(C(C)(C)C#N)n1. The summed E-state index contributed by atoms with van der Waals surface area (Å²) in [5.41, 5.74) is 1.42. The lowest BCUT2D eigenvalue weighted by Gasteiger charge is -2.17. The number of nitriles is 1. The summed E-state index contributed by atoms with van der Waals surface area (Å²) in [5, 5.41) is 9.20. The molecule has 1 atom stereocenters. The van der Waals surface area contributed by atoms with E-state index in [-0.39, 0.29) is 0 Å². The Balaban J connectivity index is 2.36. The largest absolute Gasteiger partial charge is 0.306 e. The smallest absolute Gasteiger partial charge is 0.148 e. The van der Waals surface area contributed by atoms with E-state index in [0.29, 0.717) is 11.7 Å². The number of hydrogen-bond acceptors (Lipinski definition) is 4. The topological polar surface area (TPSA) is 52.8 Å². The van der Waals surface area contributed by atoms with Crippen molar-refractivity contribution >= 4 is 0 Å². The van der Waals surface area contributed by atoms with Crippen LogP contribution in [0.2, 0.25) is 0 Å². The van der Waals surface area contributed by atoms with Crippen LogP contribution in [0.3, 0.4) is 0 Å². The Labute approximate surface area is 109 Å². The zero-order valence-corrected chi connectivity index (χ0v) is 11.6. The van der Waals surface area contributed by atoms with Gasteiger partial charge in [0, 0.05) is 23.9 Å². The Kier molecular flexibility index (Phi) is 3.36. The monoisotopic (exact) mass is 244 g/mol. The van der Waals surface area contributed by atoms with Crippen LogP contribution in [0.5, 0.6) is 0 Å². The van der Waals surface area contributed by atoms with Gasteiger partial charge in [0.05, 0.1) is 6.07 Å². The minimum absolute atomic E-state index is 0.477. The van der Waals surface area contributed by atoms with E-state index in [2.05, 4.69) is 34.1 Å². The van der Waals surface area contributed by atoms with Crippen LogP contribution < -0.4 is 0 Å². The first-order chi connectivity index (χ1) is 8.42. The van der Waals surface area contributed by atoms with Crippen molar-refractivity contribution in [2.45, 2.75) is 38.5 Å². The van der Waals surface area contributed by atoms with Gasteiger partial charge < -0.3 is 4.90 Å². The molecule has 96 valence electrons. The standard InChI is InChI=1S/C14H20N4/c1-10-7-12(11-5-6-18(4)8-11)17-13(16-10)14(2,3)9-15/h7,11H,5-6,8H2,1-4H3. The number of aromatic nitrogens is 2. The van der Waals surface area contributed by atoms with Gasteiger partial charge in [0.15, 0.2) is 0 Å². The van der Waals surface area contributed by atoms with E-state index in [9.17, 15) is 5.26 Å². The minimum atomic E-state index is -0.620. The number of aryl methyl sites for hydroxylation is 1. The average molecular weight is 244 g/mol. The fourth-order valence-corrected chi connectivity index (χ4v) is 2.31. The molecule has 0 spiro atoms. The van der Waals surface area contributed by atoms with Crippen LogP contribution in [-0.2, 0) is 5.41 Å². The van der Waals surface area contributed by atoms with Gasteiger partial charge in [0.1, 0.15) is 11.2 Å². The molecule has 0 N–H and O–H groups in total. The molecule has 2 rings (SSSR count). The van der Waals surface area contributed by atoms with Crippen molar-refractivity contribution in [1.82, 2.24) is 14.9 Å². The molecule has 0 aromatic carbocycles. The number of hydrogen-bond donors (Lipinski definition) is 0. The van der Waals surface area contributed by atoms with Crippen molar-refractivity contribution < 1.29 is 0 Å². The highest BCUT2D eigenvalue weighted by molar-refractivity contribution is 5.23. The fraction of sp³-hybridized carbons (Fsp3) is 0.643. The highest BCUT2D eigenvalue weighted by Crippen LogP contribution is 2.27. The number of likely N-dealkylation sites (tertiary alicyclic amines) is 1. The third-order valence-corrected chi connectivity index (χ3v) is 3.52. The van der Waals surface area contributed by atoms with Crippen molar-refractivity contribution in [2.24, 2.45) is 0 Å². The first-order valence-corrected chi connectivity index (χ1v) is 6.38. The lowest BCUT2D eigenvalue weighted by Crippen LogP contribution is -2.21. The summed E-state index contributed by atoms with van der Waals surface area (Å²) in [6.07, 6.45) is 1.14. The van der Waals surface area contributed by atoms with Crippen molar-refractivity contribution in [3.63, 3.8) is 0 Å². The molecule has 4 nitrogen and oxygen atoms in total. The van der Waals surface area contributed by atoms with E-state index < -0.39 is 5.41 Å². The molecule has 0 amide bonds. The molecule has 0 radical (unpaired) electrons. The maximum absolute atomic E-state index is 9.20. The first kappa shape index (κ1) is 13.0. The molecule has 1 aliphatic heterocycles. The van der Waals surface area contributed by atoms with Gasteiger partial charge in [0.2, 0.25) is 0 Å². The molecule has 1 aliphatic rings. The third kappa shape index (κ3) is 2.51. The van der Waals surface area contributed by atoms with Crippen LogP contribution in [0, 0.1) is 18.3 Å². The molecule has 1 fully saturated rings. The van der Waals surface area contributed by atoms with Gasteiger partial charge in [-0.2, -0.15) is 5.26 Å². The molecule has 0 aliphatic carbocycles. The molecule has 2 heterocycles. The second kappa shape index (κ2) is 4.66. The van der Waals surface area contributed by atoms with E-state index in [1.54, 1.807) is 0 Å². The lowest BCUT2D eigenvalue weighted by atomic mass is 9.93. The predicted molar refractivity (Wildman–Crippen MR) is 70.3 cm³/mol. The molecule has 0 saturated carbocycles. The third-order valence-electron chi connectivity index (χ3n) is 3.52. The minimum Gasteiger partial charge on any atom is -0.306 e. The van der Waals surface area contributed by atoms with E-state index >= 15 is 0 Å². The maximum atomic E-state index is 9.20. The second-order valence-corrected chi connectivity index (χ2v) is 5.74. The molecule has 1 saturated heterocycles. The maximum Gasteiger partial charge on any atom is 0.148 e. The second-order valence-electron chi connectivity index (χ2n) is 5.74. The van der Waals surface area contributed by atoms with Gasteiger partial charge in [-0.1, -0.05) is 0 Å². The van der Waals surface area contributed by atoms with Crippen molar-refractivity contribution in [3.05, 3.63) is 23.3 Å². The summed E-state index contributed by atoms with van der Waals surface area (Å²) in [7, 11) is 2.13. The molecule has 1 unspecified atom stereocenters. The van der Waals surface area contributed by atoms with Gasteiger partial charge in [-0.15, -0.1) is 0 Å². The predicted octanol–water partition coefficient (Wildman–Crippen LogP) is 2.01. The Bertz CT molecular complexity index is 487. The number of likely N-dealkylation sites (N-methyl/N-ethyl adjacent to an activating group) is 1. The van der Waals surface area contributed by atoms with Gasteiger partial charge in [0.25, 0.3) is 0 Å². The molecule has 18 heavy (non-hydrogen) atoms. The highest BCUT2D eigenvalue weighted by atomic mass is 15.1. The normalized spacial score (nSPS) is 20.9. The average Bonchev–Trinajstić information content (AvgIpc) is 2.75. The van der Waals surface area contributed by atoms with Crippen molar-refractivity contribution in [2.75, 3.05) is 20.1 Å². The zero-order valence-electron chi connectivity index (χ0n) is 11.6.